The van der Waals surface area contributed by atoms with Crippen molar-refractivity contribution in [2.75, 3.05) is 6.61 Å². The number of rotatable bonds is 3. The van der Waals surface area contributed by atoms with E-state index in [1.165, 1.54) is 0 Å². The summed E-state index contributed by atoms with van der Waals surface area (Å²) in [6.07, 6.45) is 3.76. The van der Waals surface area contributed by atoms with Gasteiger partial charge in [-0.25, -0.2) is 4.79 Å². The Morgan fingerprint density at radius 2 is 2.43 bits per heavy atom. The Kier molecular flexibility index (Phi) is 3.68. The molecule has 0 unspecified atom stereocenters. The third-order valence-electron chi connectivity index (χ3n) is 2.01. The first-order valence-corrected chi connectivity index (χ1v) is 4.62. The van der Waals surface area contributed by atoms with Gasteiger partial charge in [0.1, 0.15) is 5.76 Å². The summed E-state index contributed by atoms with van der Waals surface area (Å²) >= 11 is 0. The Labute approximate surface area is 81.9 Å². The van der Waals surface area contributed by atoms with Crippen molar-refractivity contribution in [3.8, 4) is 0 Å². The molecule has 3 nitrogen and oxygen atoms in total. The molecule has 1 aliphatic rings. The summed E-state index contributed by atoms with van der Waals surface area (Å²) in [5.41, 5.74) is 0.186. The van der Waals surface area contributed by atoms with Gasteiger partial charge in [0, 0.05) is 5.57 Å². The number of allylic oxidation sites excluding steroid dienone is 2. The lowest BCUT2D eigenvalue weighted by Crippen LogP contribution is -2.07. The average Bonchev–Trinajstić information content (AvgIpc) is 2.18. The van der Waals surface area contributed by atoms with Crippen LogP contribution in [0.5, 0.6) is 0 Å². The van der Waals surface area contributed by atoms with Crippen LogP contribution >= 0.6 is 0 Å². The number of hydrogen-bond donors (Lipinski definition) is 1. The molecule has 78 valence electrons. The second-order valence-corrected chi connectivity index (χ2v) is 2.99. The molecule has 0 amide bonds. The highest BCUT2D eigenvalue weighted by molar-refractivity contribution is 5.85. The first-order valence-electron chi connectivity index (χ1n) is 4.62. The monoisotopic (exact) mass is 200 g/mol. The van der Waals surface area contributed by atoms with Gasteiger partial charge in [-0.3, -0.25) is 0 Å². The number of carboxylic acids is 1. The standard InChI is InChI=1S/C10H13FO3/c1-2-14-8-6-4-3-5-7(8)9(11)10(12)13/h6H,2-5H2,1H3,(H,12,13)/b9-7-. The van der Waals surface area contributed by atoms with Crippen molar-refractivity contribution in [3.63, 3.8) is 0 Å². The van der Waals surface area contributed by atoms with Crippen LogP contribution in [-0.2, 0) is 9.53 Å². The van der Waals surface area contributed by atoms with E-state index >= 15 is 0 Å². The number of hydrogen-bond acceptors (Lipinski definition) is 2. The van der Waals surface area contributed by atoms with Crippen molar-refractivity contribution < 1.29 is 19.0 Å². The van der Waals surface area contributed by atoms with Gasteiger partial charge < -0.3 is 9.84 Å². The summed E-state index contributed by atoms with van der Waals surface area (Å²) < 4.78 is 18.3. The quantitative estimate of drug-likeness (QED) is 0.711. The molecule has 1 aliphatic carbocycles. The highest BCUT2D eigenvalue weighted by Crippen LogP contribution is 2.28. The smallest absolute Gasteiger partial charge is 0.365 e. The third kappa shape index (κ3) is 2.34. The zero-order chi connectivity index (χ0) is 10.6. The van der Waals surface area contributed by atoms with Crippen LogP contribution < -0.4 is 0 Å². The molecule has 0 saturated heterocycles. The van der Waals surface area contributed by atoms with Gasteiger partial charge in [0.25, 0.3) is 0 Å². The molecule has 0 heterocycles. The van der Waals surface area contributed by atoms with Crippen LogP contribution in [0.4, 0.5) is 4.39 Å². The van der Waals surface area contributed by atoms with Gasteiger partial charge in [-0.05, 0) is 32.3 Å². The van der Waals surface area contributed by atoms with E-state index in [9.17, 15) is 9.18 Å². The molecule has 4 heteroatoms. The maximum absolute atomic E-state index is 13.1. The Balaban J connectivity index is 2.95. The van der Waals surface area contributed by atoms with E-state index in [0.717, 1.165) is 12.8 Å². The highest BCUT2D eigenvalue weighted by Gasteiger charge is 2.20. The van der Waals surface area contributed by atoms with Crippen molar-refractivity contribution in [2.45, 2.75) is 26.2 Å². The summed E-state index contributed by atoms with van der Waals surface area (Å²) in [5, 5.41) is 8.50. The molecular weight excluding hydrogens is 187 g/mol. The van der Waals surface area contributed by atoms with Crippen molar-refractivity contribution in [2.24, 2.45) is 0 Å². The van der Waals surface area contributed by atoms with Crippen LogP contribution in [0.25, 0.3) is 0 Å². The summed E-state index contributed by atoms with van der Waals surface area (Å²) in [6.45, 7) is 2.20. The number of aliphatic carboxylic acids is 1. The summed E-state index contributed by atoms with van der Waals surface area (Å²) in [5.74, 6) is -2.23. The first-order chi connectivity index (χ1) is 6.66. The van der Waals surface area contributed by atoms with Crippen molar-refractivity contribution in [1.29, 1.82) is 0 Å². The number of halogens is 1. The molecule has 0 spiro atoms. The predicted octanol–water partition coefficient (Wildman–Crippen LogP) is 2.40. The third-order valence-corrected chi connectivity index (χ3v) is 2.01. The van der Waals surface area contributed by atoms with Crippen LogP contribution in [0, 0.1) is 0 Å². The molecule has 0 aromatic rings. The molecule has 1 N–H and O–H groups in total. The maximum atomic E-state index is 13.1. The molecule has 0 aliphatic heterocycles. The zero-order valence-corrected chi connectivity index (χ0v) is 8.05. The van der Waals surface area contributed by atoms with Gasteiger partial charge in [-0.1, -0.05) is 0 Å². The van der Waals surface area contributed by atoms with Crippen molar-refractivity contribution in [1.82, 2.24) is 0 Å². The molecule has 14 heavy (non-hydrogen) atoms. The Hall–Kier alpha value is -1.32. The van der Waals surface area contributed by atoms with Gasteiger partial charge >= 0.3 is 5.97 Å². The van der Waals surface area contributed by atoms with E-state index in [2.05, 4.69) is 0 Å². The minimum atomic E-state index is -1.52. The average molecular weight is 200 g/mol. The summed E-state index contributed by atoms with van der Waals surface area (Å²) in [7, 11) is 0. The van der Waals surface area contributed by atoms with Gasteiger partial charge in [-0.15, -0.1) is 0 Å². The van der Waals surface area contributed by atoms with Crippen LogP contribution in [0.15, 0.2) is 23.2 Å². The Morgan fingerprint density at radius 3 is 3.00 bits per heavy atom. The normalized spacial score (nSPS) is 20.0. The zero-order valence-electron chi connectivity index (χ0n) is 8.05. The summed E-state index contributed by atoms with van der Waals surface area (Å²) in [6, 6.07) is 0. The number of carbonyl (C=O) groups is 1. The van der Waals surface area contributed by atoms with Gasteiger partial charge in [0.05, 0.1) is 6.61 Å². The Bertz CT molecular complexity index is 292. The largest absolute Gasteiger partial charge is 0.494 e. The lowest BCUT2D eigenvalue weighted by Gasteiger charge is -2.16. The molecule has 1 rings (SSSR count). The molecule has 0 aromatic heterocycles. The lowest BCUT2D eigenvalue weighted by atomic mass is 9.99. The number of carboxylic acid groups (broad SMARTS) is 1. The SMILES string of the molecule is CCOC1=CCCC/C1=C(/F)C(=O)O. The van der Waals surface area contributed by atoms with Gasteiger partial charge in [-0.2, -0.15) is 4.39 Å². The van der Waals surface area contributed by atoms with Crippen LogP contribution in [0.3, 0.4) is 0 Å². The van der Waals surface area contributed by atoms with E-state index < -0.39 is 11.8 Å². The maximum Gasteiger partial charge on any atom is 0.365 e. The topological polar surface area (TPSA) is 46.5 Å². The molecule has 0 saturated carbocycles. The molecular formula is C10H13FO3. The van der Waals surface area contributed by atoms with Crippen molar-refractivity contribution in [3.05, 3.63) is 23.2 Å². The van der Waals surface area contributed by atoms with Crippen LogP contribution in [0.1, 0.15) is 26.2 Å². The summed E-state index contributed by atoms with van der Waals surface area (Å²) in [4.78, 5) is 10.4. The first kappa shape index (κ1) is 10.8. The van der Waals surface area contributed by atoms with Crippen LogP contribution in [-0.4, -0.2) is 17.7 Å². The molecule has 0 atom stereocenters. The number of ether oxygens (including phenoxy) is 1. The van der Waals surface area contributed by atoms with Gasteiger partial charge in [0.15, 0.2) is 0 Å². The lowest BCUT2D eigenvalue weighted by molar-refractivity contribution is -0.134. The van der Waals surface area contributed by atoms with Crippen molar-refractivity contribution >= 4 is 5.97 Å². The van der Waals surface area contributed by atoms with Gasteiger partial charge in [0.2, 0.25) is 5.83 Å². The van der Waals surface area contributed by atoms with Crippen LogP contribution in [0.2, 0.25) is 0 Å². The second kappa shape index (κ2) is 4.79. The predicted molar refractivity (Wildman–Crippen MR) is 49.3 cm³/mol. The Morgan fingerprint density at radius 1 is 1.71 bits per heavy atom. The van der Waals surface area contributed by atoms with E-state index in [1.807, 2.05) is 0 Å². The van der Waals surface area contributed by atoms with E-state index in [-0.39, 0.29) is 5.57 Å². The fourth-order valence-corrected chi connectivity index (χ4v) is 1.41. The van der Waals surface area contributed by atoms with E-state index in [0.29, 0.717) is 18.8 Å². The fraction of sp³-hybridized carbons (Fsp3) is 0.500. The molecule has 0 aromatic carbocycles. The molecule has 0 fully saturated rings. The molecule has 0 bridgehead atoms. The highest BCUT2D eigenvalue weighted by atomic mass is 19.1. The second-order valence-electron chi connectivity index (χ2n) is 2.99. The van der Waals surface area contributed by atoms with E-state index in [1.54, 1.807) is 13.0 Å². The molecule has 0 radical (unpaired) electrons. The minimum Gasteiger partial charge on any atom is -0.494 e. The van der Waals surface area contributed by atoms with E-state index in [4.69, 9.17) is 9.84 Å². The fourth-order valence-electron chi connectivity index (χ4n) is 1.41. The minimum absolute atomic E-state index is 0.186.